The Labute approximate surface area is 210 Å². The predicted molar refractivity (Wildman–Crippen MR) is 141 cm³/mol. The van der Waals surface area contributed by atoms with Crippen LogP contribution in [-0.2, 0) is 9.47 Å². The summed E-state index contributed by atoms with van der Waals surface area (Å²) < 4.78 is 24.9. The number of nitrogens with two attached hydrogens (primary N) is 1. The van der Waals surface area contributed by atoms with Gasteiger partial charge >= 0.3 is 0 Å². The summed E-state index contributed by atoms with van der Waals surface area (Å²) in [5.74, 6) is 0.476. The fraction of sp³-hybridized carbons (Fsp3) is 0.357. The fourth-order valence-electron chi connectivity index (χ4n) is 3.98. The molecule has 1 aromatic carbocycles. The maximum absolute atomic E-state index is 12.5. The minimum absolute atomic E-state index is 0.241. The molecule has 0 unspecified atom stereocenters. The molecule has 0 radical (unpaired) electrons. The van der Waals surface area contributed by atoms with Crippen LogP contribution >= 0.6 is 11.3 Å². The van der Waals surface area contributed by atoms with Crippen LogP contribution in [0.15, 0.2) is 54.9 Å². The van der Waals surface area contributed by atoms with Crippen LogP contribution in [0.1, 0.15) is 62.0 Å². The van der Waals surface area contributed by atoms with Gasteiger partial charge in [0.25, 0.3) is 0 Å². The quantitative estimate of drug-likeness (QED) is 0.301. The van der Waals surface area contributed by atoms with Crippen LogP contribution in [0, 0.1) is 12.7 Å². The zero-order valence-corrected chi connectivity index (χ0v) is 21.3. The number of rotatable bonds is 3. The molecule has 1 saturated carbocycles. The third kappa shape index (κ3) is 5.86. The summed E-state index contributed by atoms with van der Waals surface area (Å²) >= 11 is 1.81. The Morgan fingerprint density at radius 2 is 1.77 bits per heavy atom. The van der Waals surface area contributed by atoms with Crippen LogP contribution in [-0.4, -0.2) is 23.2 Å². The number of fused-ring (bicyclic) bond motifs is 1. The van der Waals surface area contributed by atoms with Gasteiger partial charge in [0.05, 0.1) is 34.0 Å². The number of benzene rings is 1. The molecule has 0 bridgehead atoms. The first kappa shape index (κ1) is 25.2. The Bertz CT molecular complexity index is 1250. The van der Waals surface area contributed by atoms with Crippen LogP contribution in [0.4, 0.5) is 10.1 Å². The molecule has 7 heteroatoms. The molecule has 0 amide bonds. The second kappa shape index (κ2) is 11.7. The molecule has 3 aromatic heterocycles. The minimum atomic E-state index is -0.263. The molecule has 2 fully saturated rings. The number of nitrogens with zero attached hydrogens (tertiary/aromatic N) is 2. The number of ether oxygens (including phenoxy) is 2. The molecular weight excluding hydrogens is 461 g/mol. The lowest BCUT2D eigenvalue weighted by atomic mass is 9.80. The second-order valence-electron chi connectivity index (χ2n) is 8.41. The Morgan fingerprint density at radius 1 is 1.00 bits per heavy atom. The van der Waals surface area contributed by atoms with Gasteiger partial charge in [-0.05, 0) is 67.1 Å². The Morgan fingerprint density at radius 3 is 2.37 bits per heavy atom. The van der Waals surface area contributed by atoms with Crippen LogP contribution in [0.25, 0.3) is 20.8 Å². The normalized spacial score (nSPS) is 15.7. The molecule has 0 spiro atoms. The molecule has 1 aliphatic heterocycles. The molecule has 2 N–H and O–H groups in total. The maximum atomic E-state index is 12.5. The predicted octanol–water partition coefficient (Wildman–Crippen LogP) is 7.41. The lowest BCUT2D eigenvalue weighted by Crippen LogP contribution is -2.08. The molecule has 6 rings (SSSR count). The highest BCUT2D eigenvalue weighted by Crippen LogP contribution is 2.43. The SMILES string of the molecule is CC.Cc1ccc(N)cc1F.c1cc(C2CCC2)c2sc(-c3ccc(C4OCCO4)cn3)cc2n1. The number of hydrogen-bond donors (Lipinski definition) is 1. The zero-order chi connectivity index (χ0) is 24.8. The number of hydrogen-bond acceptors (Lipinski definition) is 6. The largest absolute Gasteiger partial charge is 0.399 e. The summed E-state index contributed by atoms with van der Waals surface area (Å²) in [5, 5.41) is 0. The molecule has 5 nitrogen and oxygen atoms in total. The number of aromatic nitrogens is 2. The zero-order valence-electron chi connectivity index (χ0n) is 20.5. The average molecular weight is 494 g/mol. The maximum Gasteiger partial charge on any atom is 0.185 e. The van der Waals surface area contributed by atoms with E-state index in [1.165, 1.54) is 40.5 Å². The molecule has 1 saturated heterocycles. The minimum Gasteiger partial charge on any atom is -0.399 e. The van der Waals surface area contributed by atoms with Crippen molar-refractivity contribution in [2.24, 2.45) is 0 Å². The van der Waals surface area contributed by atoms with Crippen molar-refractivity contribution < 1.29 is 13.9 Å². The molecular formula is C28H32FN3O2S. The lowest BCUT2D eigenvalue weighted by Gasteiger charge is -2.25. The van der Waals surface area contributed by atoms with E-state index in [2.05, 4.69) is 22.1 Å². The van der Waals surface area contributed by atoms with Gasteiger partial charge in [-0.1, -0.05) is 32.4 Å². The smallest absolute Gasteiger partial charge is 0.185 e. The topological polar surface area (TPSA) is 70.3 Å². The van der Waals surface area contributed by atoms with Crippen LogP contribution in [0.2, 0.25) is 0 Å². The van der Waals surface area contributed by atoms with E-state index < -0.39 is 0 Å². The van der Waals surface area contributed by atoms with Crippen molar-refractivity contribution in [3.05, 3.63) is 77.4 Å². The molecule has 35 heavy (non-hydrogen) atoms. The van der Waals surface area contributed by atoms with Gasteiger partial charge < -0.3 is 15.2 Å². The highest BCUT2D eigenvalue weighted by molar-refractivity contribution is 7.22. The van der Waals surface area contributed by atoms with E-state index in [0.717, 1.165) is 16.8 Å². The van der Waals surface area contributed by atoms with Crippen molar-refractivity contribution in [2.45, 2.75) is 52.2 Å². The van der Waals surface area contributed by atoms with E-state index in [-0.39, 0.29) is 12.1 Å². The van der Waals surface area contributed by atoms with Gasteiger partial charge in [0.2, 0.25) is 0 Å². The molecule has 4 aromatic rings. The van der Waals surface area contributed by atoms with E-state index in [9.17, 15) is 4.39 Å². The van der Waals surface area contributed by atoms with Crippen LogP contribution in [0.3, 0.4) is 0 Å². The number of thiophene rings is 1. The van der Waals surface area contributed by atoms with Gasteiger partial charge in [-0.3, -0.25) is 9.97 Å². The summed E-state index contributed by atoms with van der Waals surface area (Å²) in [7, 11) is 0. The monoisotopic (exact) mass is 493 g/mol. The second-order valence-corrected chi connectivity index (χ2v) is 9.46. The molecule has 1 aliphatic carbocycles. The third-order valence-corrected chi connectivity index (χ3v) is 7.31. The van der Waals surface area contributed by atoms with Crippen molar-refractivity contribution >= 4 is 27.2 Å². The lowest BCUT2D eigenvalue weighted by molar-refractivity contribution is -0.0443. The Balaban J connectivity index is 0.000000222. The first-order chi connectivity index (χ1) is 17.1. The first-order valence-electron chi connectivity index (χ1n) is 12.2. The van der Waals surface area contributed by atoms with Gasteiger partial charge in [-0.2, -0.15) is 0 Å². The standard InChI is InChI=1S/C19H18N2O2S.C7H8FN.C2H6/c1-2-12(3-1)14-6-7-20-16-10-17(24-18(14)16)15-5-4-13(11-21-15)19-22-8-9-23-19;1-5-2-3-6(9)4-7(5)8;1-2/h4-7,10-12,19H,1-3,8-9H2;2-4H,9H2,1H3;1-2H3. The van der Waals surface area contributed by atoms with Crippen molar-refractivity contribution in [2.75, 3.05) is 18.9 Å². The number of halogens is 1. The van der Waals surface area contributed by atoms with Crippen molar-refractivity contribution in [1.82, 2.24) is 9.97 Å². The van der Waals surface area contributed by atoms with Gasteiger partial charge in [0.15, 0.2) is 6.29 Å². The van der Waals surface area contributed by atoms with Crippen LogP contribution in [0.5, 0.6) is 0 Å². The number of anilines is 1. The van der Waals surface area contributed by atoms with Crippen molar-refractivity contribution in [3.63, 3.8) is 0 Å². The molecule has 0 atom stereocenters. The van der Waals surface area contributed by atoms with E-state index in [0.29, 0.717) is 30.4 Å². The van der Waals surface area contributed by atoms with Crippen LogP contribution < -0.4 is 5.73 Å². The van der Waals surface area contributed by atoms with E-state index in [1.54, 1.807) is 30.4 Å². The highest BCUT2D eigenvalue weighted by atomic mass is 32.1. The third-order valence-electron chi connectivity index (χ3n) is 6.12. The van der Waals surface area contributed by atoms with Gasteiger partial charge in [-0.25, -0.2) is 4.39 Å². The van der Waals surface area contributed by atoms with Crippen molar-refractivity contribution in [3.8, 4) is 10.6 Å². The summed E-state index contributed by atoms with van der Waals surface area (Å²) in [6.07, 6.45) is 7.50. The number of aryl methyl sites for hydroxylation is 1. The highest BCUT2D eigenvalue weighted by Gasteiger charge is 2.23. The average Bonchev–Trinajstić information content (AvgIpc) is 3.53. The Hall–Kier alpha value is -2.87. The molecule has 2 aliphatic rings. The van der Waals surface area contributed by atoms with Gasteiger partial charge in [0, 0.05) is 23.6 Å². The first-order valence-corrected chi connectivity index (χ1v) is 13.0. The number of pyridine rings is 2. The summed E-state index contributed by atoms with van der Waals surface area (Å²) in [6, 6.07) is 13.1. The number of nitrogen functional groups attached to an aromatic ring is 1. The molecule has 184 valence electrons. The fourth-order valence-corrected chi connectivity index (χ4v) is 5.16. The summed E-state index contributed by atoms with van der Waals surface area (Å²) in [6.45, 7) is 7.01. The van der Waals surface area contributed by atoms with Gasteiger partial charge in [0.1, 0.15) is 5.82 Å². The van der Waals surface area contributed by atoms with Crippen molar-refractivity contribution in [1.29, 1.82) is 0 Å². The van der Waals surface area contributed by atoms with E-state index in [4.69, 9.17) is 15.2 Å². The summed E-state index contributed by atoms with van der Waals surface area (Å²) in [5.41, 5.74) is 10.9. The summed E-state index contributed by atoms with van der Waals surface area (Å²) in [4.78, 5) is 10.3. The molecule has 4 heterocycles. The van der Waals surface area contributed by atoms with E-state index >= 15 is 0 Å². The Kier molecular flexibility index (Phi) is 8.44. The van der Waals surface area contributed by atoms with E-state index in [1.807, 2.05) is 38.4 Å². The van der Waals surface area contributed by atoms with Gasteiger partial charge in [-0.15, -0.1) is 11.3 Å².